The van der Waals surface area contributed by atoms with E-state index in [0.29, 0.717) is 6.04 Å². The zero-order chi connectivity index (χ0) is 17.1. The maximum atomic E-state index is 12.8. The first-order valence-corrected chi connectivity index (χ1v) is 9.63. The Balaban J connectivity index is 1.58. The second-order valence-corrected chi connectivity index (χ2v) is 8.01. The van der Waals surface area contributed by atoms with Crippen molar-refractivity contribution in [3.63, 3.8) is 0 Å². The van der Waals surface area contributed by atoms with Crippen LogP contribution in [0.3, 0.4) is 0 Å². The van der Waals surface area contributed by atoms with Crippen LogP contribution in [-0.2, 0) is 0 Å². The third-order valence-electron chi connectivity index (χ3n) is 4.89. The molecular formula is C18H28N4OS. The van der Waals surface area contributed by atoms with Crippen molar-refractivity contribution in [2.24, 2.45) is 0 Å². The Morgan fingerprint density at radius 3 is 2.96 bits per heavy atom. The molecule has 132 valence electrons. The Morgan fingerprint density at radius 2 is 2.21 bits per heavy atom. The topological polar surface area (TPSA) is 42.6 Å². The SMILES string of the molecule is CN(C)CCCN(C)[C@@H]1CCCN(C(=O)c2cc3sccc3[nH]2)C1. The number of likely N-dealkylation sites (tertiary alicyclic amines) is 1. The first kappa shape index (κ1) is 17.5. The molecule has 24 heavy (non-hydrogen) atoms. The number of fused-ring (bicyclic) bond motifs is 1. The summed E-state index contributed by atoms with van der Waals surface area (Å²) in [5.74, 6) is 0.143. The van der Waals surface area contributed by atoms with Crippen molar-refractivity contribution in [3.05, 3.63) is 23.2 Å². The lowest BCUT2D eigenvalue weighted by atomic mass is 10.0. The molecule has 3 heterocycles. The summed E-state index contributed by atoms with van der Waals surface area (Å²) in [6, 6.07) is 4.50. The maximum Gasteiger partial charge on any atom is 0.270 e. The molecule has 6 heteroatoms. The van der Waals surface area contributed by atoms with Crippen LogP contribution in [0.1, 0.15) is 29.8 Å². The van der Waals surface area contributed by atoms with Crippen LogP contribution >= 0.6 is 11.3 Å². The van der Waals surface area contributed by atoms with Gasteiger partial charge in [-0.3, -0.25) is 4.79 Å². The van der Waals surface area contributed by atoms with Gasteiger partial charge in [0.1, 0.15) is 5.69 Å². The zero-order valence-corrected chi connectivity index (χ0v) is 15.7. The van der Waals surface area contributed by atoms with Crippen molar-refractivity contribution in [1.82, 2.24) is 19.7 Å². The third-order valence-corrected chi connectivity index (χ3v) is 5.76. The number of rotatable bonds is 6. The van der Waals surface area contributed by atoms with Crippen molar-refractivity contribution in [3.8, 4) is 0 Å². The van der Waals surface area contributed by atoms with Crippen molar-refractivity contribution < 1.29 is 4.79 Å². The Hall–Kier alpha value is -1.37. The second-order valence-electron chi connectivity index (χ2n) is 7.07. The normalized spacial score (nSPS) is 18.9. The molecule has 5 nitrogen and oxygen atoms in total. The Bertz CT molecular complexity index is 649. The highest BCUT2D eigenvalue weighted by atomic mass is 32.1. The van der Waals surface area contributed by atoms with E-state index in [0.717, 1.165) is 48.5 Å². The minimum atomic E-state index is 0.143. The molecule has 1 N–H and O–H groups in total. The summed E-state index contributed by atoms with van der Waals surface area (Å²) >= 11 is 1.67. The standard InChI is InChI=1S/C18H28N4OS/c1-20(2)8-5-9-21(3)14-6-4-10-22(13-14)18(23)16-12-17-15(19-16)7-11-24-17/h7,11-12,14,19H,4-6,8-10,13H2,1-3H3/t14-/m1/s1. The second kappa shape index (κ2) is 7.68. The number of carbonyl (C=O) groups is 1. The third kappa shape index (κ3) is 3.99. The van der Waals surface area contributed by atoms with Crippen LogP contribution in [-0.4, -0.2) is 79.0 Å². The summed E-state index contributed by atoms with van der Waals surface area (Å²) < 4.78 is 1.16. The minimum absolute atomic E-state index is 0.143. The molecule has 1 aliphatic rings. The van der Waals surface area contributed by atoms with E-state index in [2.05, 4.69) is 41.3 Å². The van der Waals surface area contributed by atoms with E-state index in [-0.39, 0.29) is 5.91 Å². The van der Waals surface area contributed by atoms with Crippen LogP contribution in [0, 0.1) is 0 Å². The number of hydrogen-bond donors (Lipinski definition) is 1. The number of aromatic nitrogens is 1. The molecule has 0 unspecified atom stereocenters. The fourth-order valence-corrected chi connectivity index (χ4v) is 4.23. The number of thiophene rings is 1. The summed E-state index contributed by atoms with van der Waals surface area (Å²) in [5, 5.41) is 2.05. The van der Waals surface area contributed by atoms with Crippen LogP contribution in [0.2, 0.25) is 0 Å². The minimum Gasteiger partial charge on any atom is -0.350 e. The molecule has 0 bridgehead atoms. The van der Waals surface area contributed by atoms with Crippen molar-refractivity contribution in [2.75, 3.05) is 47.3 Å². The number of likely N-dealkylation sites (N-methyl/N-ethyl adjacent to an activating group) is 1. The van der Waals surface area contributed by atoms with E-state index >= 15 is 0 Å². The van der Waals surface area contributed by atoms with Gasteiger partial charge in [0.05, 0.1) is 10.2 Å². The molecule has 2 aromatic heterocycles. The van der Waals surface area contributed by atoms with Gasteiger partial charge in [-0.15, -0.1) is 11.3 Å². The van der Waals surface area contributed by atoms with E-state index in [1.54, 1.807) is 11.3 Å². The van der Waals surface area contributed by atoms with Gasteiger partial charge in [-0.25, -0.2) is 0 Å². The average Bonchev–Trinajstić information content (AvgIpc) is 3.15. The summed E-state index contributed by atoms with van der Waals surface area (Å²) in [4.78, 5) is 22.7. The smallest absolute Gasteiger partial charge is 0.270 e. The molecule has 1 saturated heterocycles. The van der Waals surface area contributed by atoms with Gasteiger partial charge >= 0.3 is 0 Å². The molecule has 0 spiro atoms. The molecule has 0 radical (unpaired) electrons. The number of aromatic amines is 1. The van der Waals surface area contributed by atoms with E-state index in [9.17, 15) is 4.79 Å². The number of H-pyrrole nitrogens is 1. The number of nitrogens with one attached hydrogen (secondary N) is 1. The number of amides is 1. The van der Waals surface area contributed by atoms with Gasteiger partial charge in [0.2, 0.25) is 0 Å². The van der Waals surface area contributed by atoms with Crippen LogP contribution in [0.5, 0.6) is 0 Å². The lowest BCUT2D eigenvalue weighted by molar-refractivity contribution is 0.0602. The molecule has 1 atom stereocenters. The number of carbonyl (C=O) groups excluding carboxylic acids is 1. The Labute approximate surface area is 148 Å². The molecule has 0 aliphatic carbocycles. The average molecular weight is 349 g/mol. The molecular weight excluding hydrogens is 320 g/mol. The van der Waals surface area contributed by atoms with E-state index in [1.807, 2.05) is 17.0 Å². The van der Waals surface area contributed by atoms with E-state index < -0.39 is 0 Å². The Morgan fingerprint density at radius 1 is 1.38 bits per heavy atom. The van der Waals surface area contributed by atoms with Crippen molar-refractivity contribution in [1.29, 1.82) is 0 Å². The lowest BCUT2D eigenvalue weighted by Crippen LogP contribution is -2.49. The largest absolute Gasteiger partial charge is 0.350 e. The molecule has 1 fully saturated rings. The molecule has 1 amide bonds. The number of hydrogen-bond acceptors (Lipinski definition) is 4. The van der Waals surface area contributed by atoms with E-state index in [4.69, 9.17) is 0 Å². The van der Waals surface area contributed by atoms with Crippen LogP contribution < -0.4 is 0 Å². The maximum absolute atomic E-state index is 12.8. The first-order chi connectivity index (χ1) is 11.5. The summed E-state index contributed by atoms with van der Waals surface area (Å²) in [7, 11) is 6.42. The van der Waals surface area contributed by atoms with Gasteiger partial charge in [0, 0.05) is 19.1 Å². The number of nitrogens with zero attached hydrogens (tertiary/aromatic N) is 3. The zero-order valence-electron chi connectivity index (χ0n) is 14.9. The van der Waals surface area contributed by atoms with Crippen molar-refractivity contribution >= 4 is 27.5 Å². The summed E-state index contributed by atoms with van der Waals surface area (Å²) in [5.41, 5.74) is 1.80. The van der Waals surface area contributed by atoms with Gasteiger partial charge in [0.25, 0.3) is 5.91 Å². The number of piperidine rings is 1. The fourth-order valence-electron chi connectivity index (χ4n) is 3.45. The van der Waals surface area contributed by atoms with Crippen LogP contribution in [0.4, 0.5) is 0 Å². The monoisotopic (exact) mass is 348 g/mol. The van der Waals surface area contributed by atoms with Gasteiger partial charge < -0.3 is 19.7 Å². The van der Waals surface area contributed by atoms with Gasteiger partial charge in [-0.1, -0.05) is 0 Å². The molecule has 0 saturated carbocycles. The van der Waals surface area contributed by atoms with Crippen LogP contribution in [0.15, 0.2) is 17.5 Å². The Kier molecular flexibility index (Phi) is 5.58. The van der Waals surface area contributed by atoms with E-state index in [1.165, 1.54) is 12.8 Å². The van der Waals surface area contributed by atoms with Crippen molar-refractivity contribution in [2.45, 2.75) is 25.3 Å². The summed E-state index contributed by atoms with van der Waals surface area (Å²) in [6.07, 6.45) is 3.44. The fraction of sp³-hybridized carbons (Fsp3) is 0.611. The highest BCUT2D eigenvalue weighted by molar-refractivity contribution is 7.17. The molecule has 0 aromatic carbocycles. The predicted molar refractivity (Wildman–Crippen MR) is 101 cm³/mol. The molecule has 3 rings (SSSR count). The van der Waals surface area contributed by atoms with Gasteiger partial charge in [-0.2, -0.15) is 0 Å². The predicted octanol–water partition coefficient (Wildman–Crippen LogP) is 2.72. The highest BCUT2D eigenvalue weighted by Gasteiger charge is 2.27. The quantitative estimate of drug-likeness (QED) is 0.873. The highest BCUT2D eigenvalue weighted by Crippen LogP contribution is 2.23. The van der Waals surface area contributed by atoms with Crippen LogP contribution in [0.25, 0.3) is 10.2 Å². The lowest BCUT2D eigenvalue weighted by Gasteiger charge is -2.37. The first-order valence-electron chi connectivity index (χ1n) is 8.75. The summed E-state index contributed by atoms with van der Waals surface area (Å²) in [6.45, 7) is 3.90. The van der Waals surface area contributed by atoms with Gasteiger partial charge in [0.15, 0.2) is 0 Å². The molecule has 2 aromatic rings. The molecule has 1 aliphatic heterocycles. The van der Waals surface area contributed by atoms with Gasteiger partial charge in [-0.05, 0) is 71.0 Å².